The Labute approximate surface area is 270 Å². The van der Waals surface area contributed by atoms with E-state index in [1.165, 1.54) is 103 Å². The Kier molecular flexibility index (Phi) is 17.3. The van der Waals surface area contributed by atoms with Gasteiger partial charge in [0.1, 0.15) is 23.5 Å². The summed E-state index contributed by atoms with van der Waals surface area (Å²) >= 11 is 0. The summed E-state index contributed by atoms with van der Waals surface area (Å²) in [7, 11) is -4.32. The van der Waals surface area contributed by atoms with Crippen LogP contribution in [0.4, 0.5) is 5.82 Å². The number of rotatable bonds is 26. The summed E-state index contributed by atoms with van der Waals surface area (Å²) in [6.07, 6.45) is 22.1. The van der Waals surface area contributed by atoms with Crippen LogP contribution in [0.25, 0.3) is 5.52 Å². The van der Waals surface area contributed by atoms with Gasteiger partial charge in [0.15, 0.2) is 5.82 Å². The van der Waals surface area contributed by atoms with Gasteiger partial charge in [-0.2, -0.15) is 5.10 Å². The number of aliphatic hydroxyl groups is 1. The molecule has 45 heavy (non-hydrogen) atoms. The van der Waals surface area contributed by atoms with E-state index in [4.69, 9.17) is 24.3 Å². The Bertz CT molecular complexity index is 1140. The van der Waals surface area contributed by atoms with Gasteiger partial charge in [-0.3, -0.25) is 9.05 Å². The first kappa shape index (κ1) is 37.9. The number of anilines is 1. The molecule has 0 bridgehead atoms. The fourth-order valence-electron chi connectivity index (χ4n) is 5.87. The van der Waals surface area contributed by atoms with Crippen LogP contribution in [-0.4, -0.2) is 62.7 Å². The largest absolute Gasteiger partial charge is 0.472 e. The van der Waals surface area contributed by atoms with Crippen LogP contribution in [0.1, 0.15) is 141 Å². The van der Waals surface area contributed by atoms with Crippen molar-refractivity contribution in [2.45, 2.75) is 147 Å². The average molecular weight is 655 g/mol. The molecule has 12 heteroatoms. The number of nitrogen functional groups attached to an aromatic ring is 1. The SMILES string of the molecule is CCCCCCCCCCCCCCCCCCOCCCOP(=O)(O)OC[C@@]1(C)O[C@@H](c2ccc3c(N)ncnn23)C[C@@H]1O. The van der Waals surface area contributed by atoms with Gasteiger partial charge in [-0.15, -0.1) is 0 Å². The van der Waals surface area contributed by atoms with Gasteiger partial charge < -0.3 is 25.2 Å². The molecule has 0 aliphatic carbocycles. The molecule has 3 rings (SSSR count). The minimum Gasteiger partial charge on any atom is -0.390 e. The third-order valence-corrected chi connectivity index (χ3v) is 9.70. The van der Waals surface area contributed by atoms with Crippen molar-refractivity contribution in [3.63, 3.8) is 0 Å². The van der Waals surface area contributed by atoms with Crippen molar-refractivity contribution < 1.29 is 33.1 Å². The van der Waals surface area contributed by atoms with Crippen molar-refractivity contribution in [1.82, 2.24) is 14.6 Å². The summed E-state index contributed by atoms with van der Waals surface area (Å²) in [5.41, 5.74) is 6.04. The van der Waals surface area contributed by atoms with Crippen molar-refractivity contribution in [2.24, 2.45) is 0 Å². The highest BCUT2D eigenvalue weighted by atomic mass is 31.2. The summed E-state index contributed by atoms with van der Waals surface area (Å²) in [6.45, 7) is 4.79. The number of phosphoric acid groups is 1. The van der Waals surface area contributed by atoms with E-state index in [1.807, 2.05) is 6.07 Å². The van der Waals surface area contributed by atoms with Gasteiger partial charge in [0, 0.05) is 19.6 Å². The van der Waals surface area contributed by atoms with Crippen LogP contribution >= 0.6 is 7.82 Å². The first-order valence-corrected chi connectivity index (χ1v) is 18.9. The molecule has 4 atom stereocenters. The Morgan fingerprint density at radius 3 is 2.11 bits per heavy atom. The van der Waals surface area contributed by atoms with Gasteiger partial charge in [0.2, 0.25) is 0 Å². The van der Waals surface area contributed by atoms with Crippen LogP contribution in [-0.2, 0) is 23.1 Å². The molecule has 258 valence electrons. The maximum Gasteiger partial charge on any atom is 0.472 e. The summed E-state index contributed by atoms with van der Waals surface area (Å²) in [5.74, 6) is 0.338. The molecule has 1 aliphatic rings. The summed E-state index contributed by atoms with van der Waals surface area (Å²) in [4.78, 5) is 14.1. The molecule has 2 aromatic heterocycles. The molecule has 1 unspecified atom stereocenters. The average Bonchev–Trinajstić information content (AvgIpc) is 3.58. The Morgan fingerprint density at radius 1 is 0.911 bits per heavy atom. The molecule has 1 saturated heterocycles. The second-order valence-corrected chi connectivity index (χ2v) is 14.2. The normalized spacial score (nSPS) is 21.5. The molecular weight excluding hydrogens is 595 g/mol. The van der Waals surface area contributed by atoms with E-state index in [9.17, 15) is 14.6 Å². The van der Waals surface area contributed by atoms with Gasteiger partial charge in [0.25, 0.3) is 0 Å². The molecule has 4 N–H and O–H groups in total. The summed E-state index contributed by atoms with van der Waals surface area (Å²) < 4.78 is 36.1. The maximum atomic E-state index is 12.4. The number of unbranched alkanes of at least 4 members (excludes halogenated alkanes) is 15. The van der Waals surface area contributed by atoms with Crippen molar-refractivity contribution in [3.8, 4) is 0 Å². The van der Waals surface area contributed by atoms with Crippen molar-refractivity contribution in [2.75, 3.05) is 32.2 Å². The molecule has 0 amide bonds. The number of hydrogen-bond acceptors (Lipinski definition) is 9. The van der Waals surface area contributed by atoms with E-state index in [1.54, 1.807) is 17.5 Å². The van der Waals surface area contributed by atoms with Crippen LogP contribution in [0.2, 0.25) is 0 Å². The number of nitrogens with two attached hydrogens (primary N) is 1. The molecule has 11 nitrogen and oxygen atoms in total. The topological polar surface area (TPSA) is 151 Å². The molecule has 1 fully saturated rings. The lowest BCUT2D eigenvalue weighted by Gasteiger charge is -2.28. The predicted molar refractivity (Wildman–Crippen MR) is 177 cm³/mol. The third-order valence-electron chi connectivity index (χ3n) is 8.74. The number of fused-ring (bicyclic) bond motifs is 1. The summed E-state index contributed by atoms with van der Waals surface area (Å²) in [6, 6.07) is 3.60. The standard InChI is InChI=1S/C33H59N4O7P/c1-3-4-5-6-7-8-9-10-11-12-13-14-15-16-17-18-22-41-23-19-24-42-45(39,40)43-26-33(2)31(38)25-30(44-33)28-20-21-29-32(34)35-27-36-37(28)29/h20-21,27,30-31,38H,3-19,22-26H2,1-2H3,(H,39,40)(H2,34,35,36)/t30-,31+,33-/m1/s1. The van der Waals surface area contributed by atoms with E-state index in [0.717, 1.165) is 6.42 Å². The molecule has 0 spiro atoms. The summed E-state index contributed by atoms with van der Waals surface area (Å²) in [5, 5.41) is 14.9. The lowest BCUT2D eigenvalue weighted by molar-refractivity contribution is -0.0995. The van der Waals surface area contributed by atoms with Crippen LogP contribution < -0.4 is 5.73 Å². The van der Waals surface area contributed by atoms with Gasteiger partial charge >= 0.3 is 7.82 Å². The number of phosphoric ester groups is 1. The lowest BCUT2D eigenvalue weighted by Crippen LogP contribution is -2.40. The molecular formula is C33H59N4O7P. The number of aromatic nitrogens is 3. The highest BCUT2D eigenvalue weighted by Crippen LogP contribution is 2.47. The van der Waals surface area contributed by atoms with Crippen molar-refractivity contribution >= 4 is 19.2 Å². The minimum absolute atomic E-state index is 0.0345. The van der Waals surface area contributed by atoms with Crippen LogP contribution in [0.3, 0.4) is 0 Å². The third kappa shape index (κ3) is 13.6. The van der Waals surface area contributed by atoms with Crippen LogP contribution in [0.15, 0.2) is 18.5 Å². The quantitative estimate of drug-likeness (QED) is 0.0680. The molecule has 1 aliphatic heterocycles. The van der Waals surface area contributed by atoms with Gasteiger partial charge in [-0.25, -0.2) is 14.1 Å². The smallest absolute Gasteiger partial charge is 0.390 e. The molecule has 2 aromatic rings. The predicted octanol–water partition coefficient (Wildman–Crippen LogP) is 7.69. The lowest BCUT2D eigenvalue weighted by atomic mass is 9.99. The maximum absolute atomic E-state index is 12.4. The first-order valence-electron chi connectivity index (χ1n) is 17.4. The zero-order valence-electron chi connectivity index (χ0n) is 27.7. The Morgan fingerprint density at radius 2 is 1.49 bits per heavy atom. The van der Waals surface area contributed by atoms with E-state index >= 15 is 0 Å². The van der Waals surface area contributed by atoms with Crippen molar-refractivity contribution in [3.05, 3.63) is 24.2 Å². The number of hydrogen-bond donors (Lipinski definition) is 3. The zero-order chi connectivity index (χ0) is 32.4. The van der Waals surface area contributed by atoms with Gasteiger partial charge in [0.05, 0.1) is 25.0 Å². The molecule has 0 radical (unpaired) electrons. The van der Waals surface area contributed by atoms with Crippen LogP contribution in [0, 0.1) is 0 Å². The van der Waals surface area contributed by atoms with E-state index < -0.39 is 25.6 Å². The van der Waals surface area contributed by atoms with Gasteiger partial charge in [-0.05, 0) is 31.9 Å². The zero-order valence-corrected chi connectivity index (χ0v) is 28.6. The fraction of sp³-hybridized carbons (Fsp3) is 0.818. The van der Waals surface area contributed by atoms with E-state index in [-0.39, 0.29) is 19.6 Å². The number of ether oxygens (including phenoxy) is 2. The fourth-order valence-corrected chi connectivity index (χ4v) is 6.73. The van der Waals surface area contributed by atoms with Crippen LogP contribution in [0.5, 0.6) is 0 Å². The second kappa shape index (κ2) is 20.6. The highest BCUT2D eigenvalue weighted by Gasteiger charge is 2.47. The Balaban J connectivity index is 1.14. The van der Waals surface area contributed by atoms with Crippen molar-refractivity contribution in [1.29, 1.82) is 0 Å². The Hall–Kier alpha value is -1.59. The van der Waals surface area contributed by atoms with Gasteiger partial charge in [-0.1, -0.05) is 103 Å². The van der Waals surface area contributed by atoms with E-state index in [2.05, 4.69) is 17.0 Å². The highest BCUT2D eigenvalue weighted by molar-refractivity contribution is 7.47. The molecule has 3 heterocycles. The number of aliphatic hydroxyl groups excluding tert-OH is 1. The van der Waals surface area contributed by atoms with E-state index in [0.29, 0.717) is 36.7 Å². The first-order chi connectivity index (χ1) is 21.8. The number of nitrogens with zero attached hydrogens (tertiary/aromatic N) is 3. The molecule has 0 saturated carbocycles. The minimum atomic E-state index is -4.32. The monoisotopic (exact) mass is 654 g/mol. The second-order valence-electron chi connectivity index (χ2n) is 12.7. The molecule has 0 aromatic carbocycles.